The van der Waals surface area contributed by atoms with Gasteiger partial charge in [0.2, 0.25) is 17.7 Å². The third-order valence-electron chi connectivity index (χ3n) is 3.54. The fraction of sp³-hybridized carbons (Fsp3) is 0.583. The predicted molar refractivity (Wildman–Crippen MR) is 60.7 cm³/mol. The van der Waals surface area contributed by atoms with Crippen molar-refractivity contribution in [3.05, 3.63) is 11.6 Å². The van der Waals surface area contributed by atoms with Crippen LogP contribution in [0.15, 0.2) is 11.6 Å². The van der Waals surface area contributed by atoms with Crippen LogP contribution in [0.2, 0.25) is 0 Å². The van der Waals surface area contributed by atoms with Gasteiger partial charge in [-0.2, -0.15) is 0 Å². The maximum absolute atomic E-state index is 11.8. The summed E-state index contributed by atoms with van der Waals surface area (Å²) >= 11 is 0. The summed E-state index contributed by atoms with van der Waals surface area (Å²) in [6.45, 7) is 5.21. The molecule has 2 N–H and O–H groups in total. The highest BCUT2D eigenvalue weighted by molar-refractivity contribution is 6.06. The molecule has 0 radical (unpaired) electrons. The summed E-state index contributed by atoms with van der Waals surface area (Å²) < 4.78 is 0. The maximum Gasteiger partial charge on any atom is 0.232 e. The first kappa shape index (κ1) is 11.8. The van der Waals surface area contributed by atoms with Crippen LogP contribution in [0.3, 0.4) is 0 Å². The standard InChI is InChI=1S/C12H16N2O3/c1-5-4-6(2)10(13-7(3)15)9-8(5)11(16)14-12(9)17/h4-5,8-10H,1-3H3,(H,13,15)(H,14,16,17)/t5-,8-,9-,10?/m0/s1. The minimum atomic E-state index is -0.466. The van der Waals surface area contributed by atoms with E-state index < -0.39 is 5.92 Å². The Morgan fingerprint density at radius 1 is 1.29 bits per heavy atom. The van der Waals surface area contributed by atoms with E-state index in [0.717, 1.165) is 5.57 Å². The summed E-state index contributed by atoms with van der Waals surface area (Å²) in [5.41, 5.74) is 0.943. The van der Waals surface area contributed by atoms with E-state index in [1.165, 1.54) is 6.92 Å². The number of carbonyl (C=O) groups excluding carboxylic acids is 3. The van der Waals surface area contributed by atoms with E-state index in [1.807, 2.05) is 19.9 Å². The van der Waals surface area contributed by atoms with E-state index in [9.17, 15) is 14.4 Å². The second-order valence-electron chi connectivity index (χ2n) is 4.85. The number of nitrogens with one attached hydrogen (secondary N) is 2. The lowest BCUT2D eigenvalue weighted by molar-refractivity contribution is -0.126. The first-order chi connectivity index (χ1) is 7.91. The molecule has 5 nitrogen and oxygen atoms in total. The summed E-state index contributed by atoms with van der Waals surface area (Å²) in [5, 5.41) is 5.10. The van der Waals surface area contributed by atoms with Crippen LogP contribution in [0.4, 0.5) is 0 Å². The number of fused-ring (bicyclic) bond motifs is 1. The summed E-state index contributed by atoms with van der Waals surface area (Å²) in [7, 11) is 0. The zero-order valence-corrected chi connectivity index (χ0v) is 10.1. The molecule has 0 spiro atoms. The van der Waals surface area contributed by atoms with E-state index in [1.54, 1.807) is 0 Å². The largest absolute Gasteiger partial charge is 0.349 e. The monoisotopic (exact) mass is 236 g/mol. The first-order valence-electron chi connectivity index (χ1n) is 5.72. The quantitative estimate of drug-likeness (QED) is 0.496. The fourth-order valence-corrected chi connectivity index (χ4v) is 2.87. The van der Waals surface area contributed by atoms with Crippen molar-refractivity contribution < 1.29 is 14.4 Å². The Kier molecular flexibility index (Phi) is 2.77. The van der Waals surface area contributed by atoms with Crippen LogP contribution in [0.25, 0.3) is 0 Å². The van der Waals surface area contributed by atoms with Gasteiger partial charge in [-0.3, -0.25) is 19.7 Å². The Morgan fingerprint density at radius 3 is 2.47 bits per heavy atom. The van der Waals surface area contributed by atoms with Crippen LogP contribution in [0.5, 0.6) is 0 Å². The van der Waals surface area contributed by atoms with Crippen LogP contribution in [-0.2, 0) is 14.4 Å². The maximum atomic E-state index is 11.8. The molecule has 92 valence electrons. The van der Waals surface area contributed by atoms with Crippen molar-refractivity contribution in [1.29, 1.82) is 0 Å². The van der Waals surface area contributed by atoms with E-state index in [2.05, 4.69) is 10.6 Å². The molecule has 4 atom stereocenters. The normalized spacial score (nSPS) is 36.1. The molecule has 1 heterocycles. The van der Waals surface area contributed by atoms with Gasteiger partial charge >= 0.3 is 0 Å². The molecule has 1 aliphatic heterocycles. The van der Waals surface area contributed by atoms with Crippen LogP contribution in [-0.4, -0.2) is 23.8 Å². The van der Waals surface area contributed by atoms with Gasteiger partial charge in [-0.15, -0.1) is 0 Å². The number of allylic oxidation sites excluding steroid dienone is 1. The van der Waals surface area contributed by atoms with E-state index >= 15 is 0 Å². The molecule has 1 unspecified atom stereocenters. The van der Waals surface area contributed by atoms with Crippen LogP contribution in [0, 0.1) is 17.8 Å². The van der Waals surface area contributed by atoms with Gasteiger partial charge < -0.3 is 5.32 Å². The van der Waals surface area contributed by atoms with E-state index in [-0.39, 0.29) is 35.6 Å². The van der Waals surface area contributed by atoms with Gasteiger partial charge in [-0.05, 0) is 12.8 Å². The summed E-state index contributed by atoms with van der Waals surface area (Å²) in [6, 6.07) is -0.361. The lowest BCUT2D eigenvalue weighted by Crippen LogP contribution is -2.48. The van der Waals surface area contributed by atoms with Gasteiger partial charge in [0.1, 0.15) is 0 Å². The molecule has 0 bridgehead atoms. The van der Waals surface area contributed by atoms with Gasteiger partial charge in [0.25, 0.3) is 0 Å². The van der Waals surface area contributed by atoms with Crippen molar-refractivity contribution >= 4 is 17.7 Å². The molecular weight excluding hydrogens is 220 g/mol. The number of carbonyl (C=O) groups is 3. The smallest absolute Gasteiger partial charge is 0.232 e. The molecule has 5 heteroatoms. The SMILES string of the molecule is CC(=O)NC1C(C)=C[C@H](C)[C@@H]2C(=O)NC(=O)[C@H]12. The molecule has 2 rings (SSSR count). The molecule has 2 aliphatic rings. The average Bonchev–Trinajstić information content (AvgIpc) is 2.48. The van der Waals surface area contributed by atoms with Gasteiger partial charge in [-0.25, -0.2) is 0 Å². The molecule has 0 saturated carbocycles. The predicted octanol–water partition coefficient (Wildman–Crippen LogP) is -0.0241. The topological polar surface area (TPSA) is 75.3 Å². The molecule has 1 fully saturated rings. The third kappa shape index (κ3) is 1.85. The highest BCUT2D eigenvalue weighted by Crippen LogP contribution is 2.37. The van der Waals surface area contributed by atoms with Gasteiger partial charge in [0, 0.05) is 6.92 Å². The summed E-state index contributed by atoms with van der Waals surface area (Å²) in [6.07, 6.45) is 1.96. The van der Waals surface area contributed by atoms with Gasteiger partial charge in [0.15, 0.2) is 0 Å². The average molecular weight is 236 g/mol. The van der Waals surface area contributed by atoms with Crippen LogP contribution < -0.4 is 10.6 Å². The van der Waals surface area contributed by atoms with Crippen molar-refractivity contribution in [3.63, 3.8) is 0 Å². The van der Waals surface area contributed by atoms with Crippen molar-refractivity contribution in [3.8, 4) is 0 Å². The number of hydrogen-bond donors (Lipinski definition) is 2. The summed E-state index contributed by atoms with van der Waals surface area (Å²) in [5.74, 6) is -1.50. The van der Waals surface area contributed by atoms with E-state index in [4.69, 9.17) is 0 Å². The Hall–Kier alpha value is -1.65. The fourth-order valence-electron chi connectivity index (χ4n) is 2.87. The second-order valence-corrected chi connectivity index (χ2v) is 4.85. The van der Waals surface area contributed by atoms with Crippen molar-refractivity contribution in [2.75, 3.05) is 0 Å². The summed E-state index contributed by atoms with van der Waals surface area (Å²) in [4.78, 5) is 34.6. The molecule has 0 aromatic rings. The highest BCUT2D eigenvalue weighted by Gasteiger charge is 2.50. The van der Waals surface area contributed by atoms with Crippen LogP contribution in [0.1, 0.15) is 20.8 Å². The number of rotatable bonds is 1. The second kappa shape index (κ2) is 3.98. The number of imide groups is 1. The Labute approximate surface area is 99.6 Å². The first-order valence-corrected chi connectivity index (χ1v) is 5.72. The molecule has 0 aromatic carbocycles. The third-order valence-corrected chi connectivity index (χ3v) is 3.54. The number of amides is 3. The van der Waals surface area contributed by atoms with Gasteiger partial charge in [0.05, 0.1) is 17.9 Å². The van der Waals surface area contributed by atoms with Crippen molar-refractivity contribution in [1.82, 2.24) is 10.6 Å². The lowest BCUT2D eigenvalue weighted by atomic mass is 9.72. The molecular formula is C12H16N2O3. The minimum Gasteiger partial charge on any atom is -0.349 e. The molecule has 17 heavy (non-hydrogen) atoms. The Balaban J connectivity index is 2.38. The Bertz CT molecular complexity index is 427. The molecule has 3 amide bonds. The lowest BCUT2D eigenvalue weighted by Gasteiger charge is -2.34. The van der Waals surface area contributed by atoms with Crippen molar-refractivity contribution in [2.45, 2.75) is 26.8 Å². The van der Waals surface area contributed by atoms with E-state index in [0.29, 0.717) is 0 Å². The van der Waals surface area contributed by atoms with Gasteiger partial charge in [-0.1, -0.05) is 18.6 Å². The highest BCUT2D eigenvalue weighted by atomic mass is 16.2. The van der Waals surface area contributed by atoms with Crippen molar-refractivity contribution in [2.24, 2.45) is 17.8 Å². The molecule has 1 aliphatic carbocycles. The zero-order valence-electron chi connectivity index (χ0n) is 10.1. The van der Waals surface area contributed by atoms with Crippen LogP contribution >= 0.6 is 0 Å². The zero-order chi connectivity index (χ0) is 12.7. The number of hydrogen-bond acceptors (Lipinski definition) is 3. The Morgan fingerprint density at radius 2 is 1.88 bits per heavy atom. The molecule has 0 aromatic heterocycles. The minimum absolute atomic E-state index is 0.0245. The molecule has 1 saturated heterocycles.